The first kappa shape index (κ1) is 29.2. The number of carbonyl (C=O) groups excluding carboxylic acids is 3. The largest absolute Gasteiger partial charge is 0.469 e. The second kappa shape index (κ2) is 13.4. The standard InChI is InChI=1S/C29H36N4O4.ClH/c1-37-26(34)17-24-16-25(33(29(24)36)13-5-8-19-6-3-2-4-7-19)18-32-28(35)23-14-22(15-23)20-9-11-21(12-10-20)27(30)31;/h2-4,6-7,9-12,22-25H,5,8,13-18H2,1H3,(H3,30,31)(H,32,35);1H/t22?,23?,24-,25-;/m0./s1. The summed E-state index contributed by atoms with van der Waals surface area (Å²) in [5, 5.41) is 10.6. The second-order valence-corrected chi connectivity index (χ2v) is 10.1. The van der Waals surface area contributed by atoms with E-state index in [1.165, 1.54) is 12.7 Å². The molecule has 0 radical (unpaired) electrons. The van der Waals surface area contributed by atoms with Crippen LogP contribution in [-0.2, 0) is 25.5 Å². The summed E-state index contributed by atoms with van der Waals surface area (Å²) >= 11 is 0. The first-order valence-electron chi connectivity index (χ1n) is 13.0. The smallest absolute Gasteiger partial charge is 0.306 e. The number of halogens is 1. The van der Waals surface area contributed by atoms with Gasteiger partial charge in [0, 0.05) is 30.6 Å². The van der Waals surface area contributed by atoms with Crippen molar-refractivity contribution in [2.45, 2.75) is 50.5 Å². The third-order valence-corrected chi connectivity index (χ3v) is 7.69. The van der Waals surface area contributed by atoms with E-state index in [0.717, 1.165) is 31.2 Å². The minimum atomic E-state index is -0.405. The van der Waals surface area contributed by atoms with Gasteiger partial charge in [0.15, 0.2) is 0 Å². The highest BCUT2D eigenvalue weighted by atomic mass is 35.5. The lowest BCUT2D eigenvalue weighted by molar-refractivity contribution is -0.144. The maximum atomic E-state index is 13.1. The van der Waals surface area contributed by atoms with E-state index in [4.69, 9.17) is 15.9 Å². The molecule has 2 aliphatic rings. The molecule has 38 heavy (non-hydrogen) atoms. The lowest BCUT2D eigenvalue weighted by Gasteiger charge is -2.35. The minimum Gasteiger partial charge on any atom is -0.469 e. The summed E-state index contributed by atoms with van der Waals surface area (Å²) in [6.45, 7) is 0.982. The number of nitrogen functional groups attached to an aromatic ring is 1. The van der Waals surface area contributed by atoms with Crippen molar-refractivity contribution in [1.82, 2.24) is 10.2 Å². The lowest BCUT2D eigenvalue weighted by atomic mass is 9.71. The van der Waals surface area contributed by atoms with Gasteiger partial charge in [-0.25, -0.2) is 0 Å². The molecule has 0 bridgehead atoms. The summed E-state index contributed by atoms with van der Waals surface area (Å²) in [6.07, 6.45) is 3.85. The molecule has 0 aromatic heterocycles. The van der Waals surface area contributed by atoms with Crippen LogP contribution in [0.3, 0.4) is 0 Å². The second-order valence-electron chi connectivity index (χ2n) is 10.1. The third-order valence-electron chi connectivity index (χ3n) is 7.69. The van der Waals surface area contributed by atoms with Crippen LogP contribution in [0.15, 0.2) is 54.6 Å². The fraction of sp³-hybridized carbons (Fsp3) is 0.448. The summed E-state index contributed by atoms with van der Waals surface area (Å²) in [6, 6.07) is 17.7. The number of ether oxygens (including phenoxy) is 1. The van der Waals surface area contributed by atoms with Crippen LogP contribution < -0.4 is 11.1 Å². The molecule has 2 aromatic carbocycles. The van der Waals surface area contributed by atoms with Gasteiger partial charge in [0.1, 0.15) is 5.84 Å². The van der Waals surface area contributed by atoms with Gasteiger partial charge >= 0.3 is 5.97 Å². The highest BCUT2D eigenvalue weighted by Gasteiger charge is 2.41. The molecule has 4 N–H and O–H groups in total. The Morgan fingerprint density at radius 3 is 2.39 bits per heavy atom. The Morgan fingerprint density at radius 2 is 1.76 bits per heavy atom. The maximum Gasteiger partial charge on any atom is 0.306 e. The molecule has 1 aliphatic heterocycles. The van der Waals surface area contributed by atoms with Gasteiger partial charge in [0.05, 0.1) is 19.4 Å². The number of hydrogen-bond donors (Lipinski definition) is 3. The SMILES string of the molecule is COC(=O)C[C@@H]1C[C@@H](CNC(=O)C2CC(c3ccc(C(=N)N)cc3)C2)N(CCCc2ccccc2)C1=O.Cl. The van der Waals surface area contributed by atoms with Gasteiger partial charge in [0.25, 0.3) is 0 Å². The molecule has 2 amide bonds. The first-order valence-corrected chi connectivity index (χ1v) is 13.0. The zero-order valence-electron chi connectivity index (χ0n) is 21.7. The van der Waals surface area contributed by atoms with Crippen LogP contribution in [0.2, 0.25) is 0 Å². The van der Waals surface area contributed by atoms with Gasteiger partial charge in [-0.2, -0.15) is 0 Å². The number of nitrogens with two attached hydrogens (primary N) is 1. The Balaban J connectivity index is 0.00000400. The Kier molecular flexibility index (Phi) is 10.3. The van der Waals surface area contributed by atoms with Crippen molar-refractivity contribution in [3.8, 4) is 0 Å². The third kappa shape index (κ3) is 7.13. The number of likely N-dealkylation sites (tertiary alicyclic amines) is 1. The van der Waals surface area contributed by atoms with Gasteiger partial charge in [-0.1, -0.05) is 54.6 Å². The van der Waals surface area contributed by atoms with Crippen molar-refractivity contribution < 1.29 is 19.1 Å². The quantitative estimate of drug-likeness (QED) is 0.229. The number of methoxy groups -OCH3 is 1. The van der Waals surface area contributed by atoms with Crippen molar-refractivity contribution in [2.24, 2.45) is 17.6 Å². The van der Waals surface area contributed by atoms with Gasteiger partial charge in [-0.15, -0.1) is 12.4 Å². The highest BCUT2D eigenvalue weighted by molar-refractivity contribution is 5.94. The molecule has 2 fully saturated rings. The zero-order valence-corrected chi connectivity index (χ0v) is 22.5. The van der Waals surface area contributed by atoms with E-state index in [0.29, 0.717) is 31.0 Å². The van der Waals surface area contributed by atoms with E-state index >= 15 is 0 Å². The molecule has 1 saturated heterocycles. The van der Waals surface area contributed by atoms with Crippen LogP contribution in [0.25, 0.3) is 0 Å². The summed E-state index contributed by atoms with van der Waals surface area (Å²) in [5.74, 6) is -0.483. The average Bonchev–Trinajstić information content (AvgIpc) is 3.16. The number of amidine groups is 1. The molecule has 9 heteroatoms. The topological polar surface area (TPSA) is 126 Å². The molecule has 0 spiro atoms. The maximum absolute atomic E-state index is 13.1. The number of nitrogens with one attached hydrogen (secondary N) is 2. The molecule has 1 aliphatic carbocycles. The summed E-state index contributed by atoms with van der Waals surface area (Å²) in [7, 11) is 1.33. The van der Waals surface area contributed by atoms with E-state index in [2.05, 4.69) is 17.4 Å². The van der Waals surface area contributed by atoms with Gasteiger partial charge in [-0.05, 0) is 49.1 Å². The number of rotatable bonds is 11. The van der Waals surface area contributed by atoms with Crippen LogP contribution in [0, 0.1) is 17.2 Å². The van der Waals surface area contributed by atoms with Crippen molar-refractivity contribution in [3.63, 3.8) is 0 Å². The molecule has 8 nitrogen and oxygen atoms in total. The predicted octanol–water partition coefficient (Wildman–Crippen LogP) is 3.42. The zero-order chi connectivity index (χ0) is 26.4. The first-order chi connectivity index (χ1) is 17.9. The molecular weight excluding hydrogens is 504 g/mol. The normalized spacial score (nSPS) is 22.2. The van der Waals surface area contributed by atoms with E-state index < -0.39 is 5.92 Å². The van der Waals surface area contributed by atoms with Crippen molar-refractivity contribution in [1.29, 1.82) is 5.41 Å². The van der Waals surface area contributed by atoms with E-state index in [-0.39, 0.29) is 54.4 Å². The molecule has 2 aromatic rings. The summed E-state index contributed by atoms with van der Waals surface area (Å²) in [4.78, 5) is 39.7. The van der Waals surface area contributed by atoms with Crippen LogP contribution in [0.1, 0.15) is 54.7 Å². The molecule has 204 valence electrons. The van der Waals surface area contributed by atoms with Gasteiger partial charge in [0.2, 0.25) is 11.8 Å². The number of esters is 1. The van der Waals surface area contributed by atoms with Gasteiger partial charge in [-0.3, -0.25) is 19.8 Å². The number of aryl methyl sites for hydroxylation is 1. The fourth-order valence-corrected chi connectivity index (χ4v) is 5.41. The van der Waals surface area contributed by atoms with E-state index in [1.54, 1.807) is 0 Å². The van der Waals surface area contributed by atoms with Crippen molar-refractivity contribution in [3.05, 3.63) is 71.3 Å². The van der Waals surface area contributed by atoms with Crippen LogP contribution in [0.4, 0.5) is 0 Å². The molecular formula is C29H37ClN4O4. The summed E-state index contributed by atoms with van der Waals surface area (Å²) < 4.78 is 4.79. The highest BCUT2D eigenvalue weighted by Crippen LogP contribution is 2.41. The Hall–Kier alpha value is -3.39. The van der Waals surface area contributed by atoms with Crippen LogP contribution in [0.5, 0.6) is 0 Å². The molecule has 0 unspecified atom stereocenters. The lowest BCUT2D eigenvalue weighted by Crippen LogP contribution is -2.45. The molecule has 1 heterocycles. The Morgan fingerprint density at radius 1 is 1.08 bits per heavy atom. The van der Waals surface area contributed by atoms with Crippen LogP contribution in [-0.4, -0.2) is 54.8 Å². The Bertz CT molecular complexity index is 1120. The van der Waals surface area contributed by atoms with Crippen molar-refractivity contribution >= 4 is 36.0 Å². The number of amides is 2. The van der Waals surface area contributed by atoms with E-state index in [1.807, 2.05) is 47.4 Å². The van der Waals surface area contributed by atoms with Crippen LogP contribution >= 0.6 is 12.4 Å². The fourth-order valence-electron chi connectivity index (χ4n) is 5.41. The Labute approximate surface area is 230 Å². The number of hydrogen-bond acceptors (Lipinski definition) is 5. The summed E-state index contributed by atoms with van der Waals surface area (Å²) in [5.41, 5.74) is 8.60. The van der Waals surface area contributed by atoms with Crippen molar-refractivity contribution in [2.75, 3.05) is 20.2 Å². The average molecular weight is 541 g/mol. The number of carbonyl (C=O) groups is 3. The number of benzene rings is 2. The van der Waals surface area contributed by atoms with E-state index in [9.17, 15) is 14.4 Å². The minimum absolute atomic E-state index is 0. The monoisotopic (exact) mass is 540 g/mol. The van der Waals surface area contributed by atoms with Gasteiger partial charge < -0.3 is 20.7 Å². The molecule has 2 atom stereocenters. The molecule has 1 saturated carbocycles. The molecule has 4 rings (SSSR count). The predicted molar refractivity (Wildman–Crippen MR) is 148 cm³/mol. The number of nitrogens with zero attached hydrogens (tertiary/aromatic N) is 1.